The van der Waals surface area contributed by atoms with Crippen molar-refractivity contribution >= 4 is 5.97 Å². The molecule has 5 heteroatoms. The lowest BCUT2D eigenvalue weighted by Crippen LogP contribution is -2.37. The van der Waals surface area contributed by atoms with Crippen LogP contribution in [0.2, 0.25) is 0 Å². The summed E-state index contributed by atoms with van der Waals surface area (Å²) in [6.45, 7) is 5.82. The van der Waals surface area contributed by atoms with Crippen LogP contribution in [0, 0.1) is 5.92 Å². The molecule has 1 aliphatic rings. The average Bonchev–Trinajstić information content (AvgIpc) is 2.32. The lowest BCUT2D eigenvalue weighted by Gasteiger charge is -2.29. The number of aliphatic hydroxyl groups is 1. The summed E-state index contributed by atoms with van der Waals surface area (Å²) in [5, 5.41) is 12.9. The SMILES string of the molecule is CCOC(=O)CC(O)CNCC1CCN(C)CC1. The minimum atomic E-state index is -0.643. The molecule has 0 bridgehead atoms. The summed E-state index contributed by atoms with van der Waals surface area (Å²) in [7, 11) is 2.15. The molecule has 1 aliphatic heterocycles. The Labute approximate surface area is 109 Å². The molecule has 0 aromatic heterocycles. The van der Waals surface area contributed by atoms with Gasteiger partial charge in [-0.25, -0.2) is 0 Å². The zero-order valence-corrected chi connectivity index (χ0v) is 11.5. The number of hydrogen-bond donors (Lipinski definition) is 2. The van der Waals surface area contributed by atoms with Gasteiger partial charge in [0, 0.05) is 6.54 Å². The second kappa shape index (κ2) is 8.45. The Morgan fingerprint density at radius 1 is 1.50 bits per heavy atom. The number of aliphatic hydroxyl groups excluding tert-OH is 1. The van der Waals surface area contributed by atoms with Gasteiger partial charge in [0.05, 0.1) is 19.1 Å². The van der Waals surface area contributed by atoms with Gasteiger partial charge >= 0.3 is 5.97 Å². The highest BCUT2D eigenvalue weighted by Crippen LogP contribution is 2.14. The lowest BCUT2D eigenvalue weighted by atomic mass is 9.97. The summed E-state index contributed by atoms with van der Waals surface area (Å²) in [5.41, 5.74) is 0. The summed E-state index contributed by atoms with van der Waals surface area (Å²) in [6.07, 6.45) is 1.85. The summed E-state index contributed by atoms with van der Waals surface area (Å²) in [6, 6.07) is 0. The third-order valence-corrected chi connectivity index (χ3v) is 3.36. The second-order valence-corrected chi connectivity index (χ2v) is 5.07. The van der Waals surface area contributed by atoms with E-state index in [1.54, 1.807) is 6.92 Å². The Bertz CT molecular complexity index is 240. The van der Waals surface area contributed by atoms with Gasteiger partial charge in [0.15, 0.2) is 0 Å². The molecule has 5 nitrogen and oxygen atoms in total. The van der Waals surface area contributed by atoms with Gasteiger partial charge in [-0.1, -0.05) is 0 Å². The minimum absolute atomic E-state index is 0.0776. The molecule has 1 heterocycles. The van der Waals surface area contributed by atoms with Crippen molar-refractivity contribution in [2.24, 2.45) is 5.92 Å². The Kier molecular flexibility index (Phi) is 7.23. The van der Waals surface area contributed by atoms with E-state index in [0.717, 1.165) is 19.6 Å². The number of rotatable bonds is 7. The number of nitrogens with zero attached hydrogens (tertiary/aromatic N) is 1. The number of likely N-dealkylation sites (tertiary alicyclic amines) is 1. The third kappa shape index (κ3) is 6.33. The van der Waals surface area contributed by atoms with Crippen LogP contribution in [0.3, 0.4) is 0 Å². The molecule has 1 atom stereocenters. The van der Waals surface area contributed by atoms with Crippen molar-refractivity contribution in [3.05, 3.63) is 0 Å². The van der Waals surface area contributed by atoms with E-state index in [0.29, 0.717) is 19.1 Å². The quantitative estimate of drug-likeness (QED) is 0.640. The summed E-state index contributed by atoms with van der Waals surface area (Å²) < 4.78 is 4.79. The van der Waals surface area contributed by atoms with E-state index in [-0.39, 0.29) is 12.4 Å². The summed E-state index contributed by atoms with van der Waals surface area (Å²) >= 11 is 0. The van der Waals surface area contributed by atoms with Gasteiger partial charge in [-0.2, -0.15) is 0 Å². The van der Waals surface area contributed by atoms with E-state index in [4.69, 9.17) is 4.74 Å². The fourth-order valence-corrected chi connectivity index (χ4v) is 2.20. The second-order valence-electron chi connectivity index (χ2n) is 5.07. The minimum Gasteiger partial charge on any atom is -0.466 e. The molecule has 0 aliphatic carbocycles. The lowest BCUT2D eigenvalue weighted by molar-refractivity contribution is -0.145. The van der Waals surface area contributed by atoms with Gasteiger partial charge in [0.1, 0.15) is 0 Å². The molecule has 0 spiro atoms. The Hall–Kier alpha value is -0.650. The van der Waals surface area contributed by atoms with Crippen molar-refractivity contribution in [2.45, 2.75) is 32.3 Å². The highest BCUT2D eigenvalue weighted by Gasteiger charge is 2.17. The molecule has 0 saturated carbocycles. The largest absolute Gasteiger partial charge is 0.466 e. The van der Waals surface area contributed by atoms with Gasteiger partial charge in [0.2, 0.25) is 0 Å². The molecule has 1 rings (SSSR count). The van der Waals surface area contributed by atoms with Crippen LogP contribution in [-0.4, -0.2) is 61.9 Å². The maximum Gasteiger partial charge on any atom is 0.308 e. The molecular weight excluding hydrogens is 232 g/mol. The van der Waals surface area contributed by atoms with Crippen LogP contribution < -0.4 is 5.32 Å². The third-order valence-electron chi connectivity index (χ3n) is 3.36. The summed E-state index contributed by atoms with van der Waals surface area (Å²) in [4.78, 5) is 13.5. The molecule has 0 amide bonds. The van der Waals surface area contributed by atoms with Crippen molar-refractivity contribution in [3.8, 4) is 0 Å². The number of piperidine rings is 1. The van der Waals surface area contributed by atoms with Gasteiger partial charge < -0.3 is 20.1 Å². The van der Waals surface area contributed by atoms with Crippen LogP contribution >= 0.6 is 0 Å². The zero-order chi connectivity index (χ0) is 13.4. The van der Waals surface area contributed by atoms with Crippen molar-refractivity contribution < 1.29 is 14.6 Å². The van der Waals surface area contributed by atoms with Crippen LogP contribution in [-0.2, 0) is 9.53 Å². The fraction of sp³-hybridized carbons (Fsp3) is 0.923. The van der Waals surface area contributed by atoms with E-state index < -0.39 is 6.10 Å². The van der Waals surface area contributed by atoms with Gasteiger partial charge in [-0.3, -0.25) is 4.79 Å². The van der Waals surface area contributed by atoms with Crippen LogP contribution in [0.4, 0.5) is 0 Å². The molecule has 18 heavy (non-hydrogen) atoms. The van der Waals surface area contributed by atoms with E-state index >= 15 is 0 Å². The van der Waals surface area contributed by atoms with E-state index in [1.807, 2.05) is 0 Å². The highest BCUT2D eigenvalue weighted by molar-refractivity contribution is 5.69. The topological polar surface area (TPSA) is 61.8 Å². The smallest absolute Gasteiger partial charge is 0.308 e. The zero-order valence-electron chi connectivity index (χ0n) is 11.5. The van der Waals surface area contributed by atoms with Crippen molar-refractivity contribution in [1.29, 1.82) is 0 Å². The van der Waals surface area contributed by atoms with Crippen molar-refractivity contribution in [1.82, 2.24) is 10.2 Å². The van der Waals surface area contributed by atoms with Gasteiger partial charge in [-0.15, -0.1) is 0 Å². The number of carbonyl (C=O) groups is 1. The molecule has 1 fully saturated rings. The van der Waals surface area contributed by atoms with E-state index in [9.17, 15) is 9.90 Å². The molecule has 0 radical (unpaired) electrons. The summed E-state index contributed by atoms with van der Waals surface area (Å²) in [5.74, 6) is 0.363. The normalized spacial score (nSPS) is 19.7. The molecule has 0 aromatic rings. The van der Waals surface area contributed by atoms with Crippen LogP contribution in [0.25, 0.3) is 0 Å². The first-order valence-electron chi connectivity index (χ1n) is 6.84. The molecule has 2 N–H and O–H groups in total. The van der Waals surface area contributed by atoms with Crippen molar-refractivity contribution in [2.75, 3.05) is 39.8 Å². The van der Waals surface area contributed by atoms with Crippen LogP contribution in [0.15, 0.2) is 0 Å². The molecule has 1 unspecified atom stereocenters. The monoisotopic (exact) mass is 258 g/mol. The maximum absolute atomic E-state index is 11.1. The Balaban J connectivity index is 2.04. The van der Waals surface area contributed by atoms with Crippen LogP contribution in [0.1, 0.15) is 26.2 Å². The molecule has 106 valence electrons. The molecule has 0 aromatic carbocycles. The first kappa shape index (κ1) is 15.4. The first-order chi connectivity index (χ1) is 8.61. The number of esters is 1. The van der Waals surface area contributed by atoms with E-state index in [2.05, 4.69) is 17.3 Å². The molecular formula is C13H26N2O3. The predicted octanol–water partition coefficient (Wildman–Crippen LogP) is 0.232. The van der Waals surface area contributed by atoms with Gasteiger partial charge in [-0.05, 0) is 52.4 Å². The van der Waals surface area contributed by atoms with E-state index in [1.165, 1.54) is 12.8 Å². The average molecular weight is 258 g/mol. The number of hydrogen-bond acceptors (Lipinski definition) is 5. The predicted molar refractivity (Wildman–Crippen MR) is 70.3 cm³/mol. The van der Waals surface area contributed by atoms with Crippen molar-refractivity contribution in [3.63, 3.8) is 0 Å². The number of carbonyl (C=O) groups excluding carboxylic acids is 1. The standard InChI is InChI=1S/C13H26N2O3/c1-3-18-13(17)8-12(16)10-14-9-11-4-6-15(2)7-5-11/h11-12,14,16H,3-10H2,1-2H3. The Morgan fingerprint density at radius 2 is 2.17 bits per heavy atom. The van der Waals surface area contributed by atoms with Gasteiger partial charge in [0.25, 0.3) is 0 Å². The maximum atomic E-state index is 11.1. The highest BCUT2D eigenvalue weighted by atomic mass is 16.5. The van der Waals surface area contributed by atoms with Crippen LogP contribution in [0.5, 0.6) is 0 Å². The Morgan fingerprint density at radius 3 is 2.78 bits per heavy atom. The first-order valence-corrected chi connectivity index (χ1v) is 6.84. The fourth-order valence-electron chi connectivity index (χ4n) is 2.20. The number of nitrogens with one attached hydrogen (secondary N) is 1. The molecule has 1 saturated heterocycles. The number of ether oxygens (including phenoxy) is 1.